The fourth-order valence-electron chi connectivity index (χ4n) is 1.34. The van der Waals surface area contributed by atoms with Crippen molar-refractivity contribution < 1.29 is 4.74 Å². The van der Waals surface area contributed by atoms with Gasteiger partial charge in [0.1, 0.15) is 5.75 Å². The van der Waals surface area contributed by atoms with Crippen LogP contribution in [0.3, 0.4) is 0 Å². The number of ether oxygens (including phenoxy) is 1. The molecule has 0 aromatic heterocycles. The summed E-state index contributed by atoms with van der Waals surface area (Å²) in [5.74, 6) is 2.10. The summed E-state index contributed by atoms with van der Waals surface area (Å²) < 4.78 is 5.17. The van der Waals surface area contributed by atoms with E-state index in [4.69, 9.17) is 4.74 Å². The smallest absolute Gasteiger partial charge is 0.119 e. The molecule has 0 unspecified atom stereocenters. The van der Waals surface area contributed by atoms with Crippen LogP contribution in [0.2, 0.25) is 0 Å². The Morgan fingerprint density at radius 2 is 2.20 bits per heavy atom. The lowest BCUT2D eigenvalue weighted by atomic mass is 10.2. The third-order valence-corrected chi connectivity index (χ3v) is 3.47. The van der Waals surface area contributed by atoms with Crippen molar-refractivity contribution in [1.29, 1.82) is 0 Å². The van der Waals surface area contributed by atoms with E-state index in [1.165, 1.54) is 16.9 Å². The highest BCUT2D eigenvalue weighted by atomic mass is 32.2. The monoisotopic (exact) mass is 225 g/mol. The summed E-state index contributed by atoms with van der Waals surface area (Å²) in [5, 5.41) is 3.15. The Bertz CT molecular complexity index is 302. The minimum atomic E-state index is 0.937. The van der Waals surface area contributed by atoms with Gasteiger partial charge in [0.25, 0.3) is 0 Å². The lowest BCUT2D eigenvalue weighted by molar-refractivity contribution is 0.414. The van der Waals surface area contributed by atoms with Crippen LogP contribution in [0, 0.1) is 6.92 Å². The molecule has 0 radical (unpaired) electrons. The Labute approximate surface area is 96.4 Å². The quantitative estimate of drug-likeness (QED) is 0.594. The van der Waals surface area contributed by atoms with Gasteiger partial charge in [-0.1, -0.05) is 0 Å². The molecule has 15 heavy (non-hydrogen) atoms. The number of nitrogens with one attached hydrogen (secondary N) is 1. The minimum absolute atomic E-state index is 0.937. The molecule has 84 valence electrons. The summed E-state index contributed by atoms with van der Waals surface area (Å²) in [6, 6.07) is 6.24. The standard InChI is InChI=1S/C12H19NOS/c1-10-9-11(14-3)5-6-12(10)15-8-4-7-13-2/h5-6,9,13H,4,7-8H2,1-3H3. The highest BCUT2D eigenvalue weighted by Crippen LogP contribution is 2.26. The van der Waals surface area contributed by atoms with Gasteiger partial charge >= 0.3 is 0 Å². The Morgan fingerprint density at radius 1 is 1.40 bits per heavy atom. The normalized spacial score (nSPS) is 10.3. The van der Waals surface area contributed by atoms with Crippen LogP contribution in [0.4, 0.5) is 0 Å². The molecule has 2 nitrogen and oxygen atoms in total. The van der Waals surface area contributed by atoms with Crippen LogP contribution in [0.5, 0.6) is 5.75 Å². The molecule has 0 aliphatic carbocycles. The van der Waals surface area contributed by atoms with Crippen LogP contribution in [0.1, 0.15) is 12.0 Å². The van der Waals surface area contributed by atoms with Gasteiger partial charge in [-0.25, -0.2) is 0 Å². The highest BCUT2D eigenvalue weighted by molar-refractivity contribution is 7.99. The van der Waals surface area contributed by atoms with Crippen molar-refractivity contribution in [2.24, 2.45) is 0 Å². The van der Waals surface area contributed by atoms with Gasteiger partial charge in [-0.2, -0.15) is 0 Å². The Kier molecular flexibility index (Phi) is 5.58. The zero-order chi connectivity index (χ0) is 11.1. The van der Waals surface area contributed by atoms with E-state index >= 15 is 0 Å². The summed E-state index contributed by atoms with van der Waals surface area (Å²) in [5.41, 5.74) is 1.30. The molecule has 0 aliphatic rings. The van der Waals surface area contributed by atoms with Crippen molar-refractivity contribution in [3.8, 4) is 5.75 Å². The molecule has 0 heterocycles. The first-order chi connectivity index (χ1) is 7.27. The van der Waals surface area contributed by atoms with Crippen molar-refractivity contribution >= 4 is 11.8 Å². The Hall–Kier alpha value is -0.670. The molecule has 0 spiro atoms. The van der Waals surface area contributed by atoms with E-state index in [0.717, 1.165) is 18.0 Å². The van der Waals surface area contributed by atoms with Crippen molar-refractivity contribution in [2.75, 3.05) is 26.5 Å². The molecule has 0 atom stereocenters. The van der Waals surface area contributed by atoms with Crippen molar-refractivity contribution in [1.82, 2.24) is 5.32 Å². The number of hydrogen-bond donors (Lipinski definition) is 1. The zero-order valence-electron chi connectivity index (χ0n) is 9.67. The summed E-state index contributed by atoms with van der Waals surface area (Å²) in [6.07, 6.45) is 1.20. The summed E-state index contributed by atoms with van der Waals surface area (Å²) in [7, 11) is 3.69. The van der Waals surface area contributed by atoms with Crippen molar-refractivity contribution in [2.45, 2.75) is 18.2 Å². The summed E-state index contributed by atoms with van der Waals surface area (Å²) in [4.78, 5) is 1.35. The van der Waals surface area contributed by atoms with E-state index < -0.39 is 0 Å². The third kappa shape index (κ3) is 4.14. The van der Waals surface area contributed by atoms with Crippen LogP contribution in [-0.2, 0) is 0 Å². The van der Waals surface area contributed by atoms with Crippen LogP contribution in [0.25, 0.3) is 0 Å². The number of aryl methyl sites for hydroxylation is 1. The zero-order valence-corrected chi connectivity index (χ0v) is 10.5. The molecule has 0 saturated heterocycles. The van der Waals surface area contributed by atoms with Gasteiger partial charge < -0.3 is 10.1 Å². The Morgan fingerprint density at radius 3 is 2.80 bits per heavy atom. The van der Waals surface area contributed by atoms with Gasteiger partial charge in [-0.15, -0.1) is 11.8 Å². The largest absolute Gasteiger partial charge is 0.497 e. The lowest BCUT2D eigenvalue weighted by Crippen LogP contribution is -2.08. The Balaban J connectivity index is 2.47. The van der Waals surface area contributed by atoms with E-state index in [-0.39, 0.29) is 0 Å². The maximum Gasteiger partial charge on any atom is 0.119 e. The molecular formula is C12H19NOS. The molecule has 0 bridgehead atoms. The van der Waals surface area contributed by atoms with Gasteiger partial charge in [0.2, 0.25) is 0 Å². The van der Waals surface area contributed by atoms with Gasteiger partial charge in [-0.3, -0.25) is 0 Å². The van der Waals surface area contributed by atoms with Crippen LogP contribution >= 0.6 is 11.8 Å². The predicted molar refractivity (Wildman–Crippen MR) is 67.0 cm³/mol. The van der Waals surface area contributed by atoms with E-state index in [9.17, 15) is 0 Å². The van der Waals surface area contributed by atoms with Crippen molar-refractivity contribution in [3.05, 3.63) is 23.8 Å². The first kappa shape index (κ1) is 12.4. The summed E-state index contributed by atoms with van der Waals surface area (Å²) in [6.45, 7) is 3.21. The maximum absolute atomic E-state index is 5.17. The van der Waals surface area contributed by atoms with Crippen LogP contribution < -0.4 is 10.1 Å². The molecule has 0 saturated carbocycles. The number of hydrogen-bond acceptors (Lipinski definition) is 3. The lowest BCUT2D eigenvalue weighted by Gasteiger charge is -2.07. The maximum atomic E-state index is 5.17. The predicted octanol–water partition coefficient (Wildman–Crippen LogP) is 2.71. The topological polar surface area (TPSA) is 21.3 Å². The van der Waals surface area contributed by atoms with E-state index in [1.54, 1.807) is 7.11 Å². The van der Waals surface area contributed by atoms with Crippen LogP contribution in [0.15, 0.2) is 23.1 Å². The average Bonchev–Trinajstić information content (AvgIpc) is 2.26. The SMILES string of the molecule is CNCCCSc1ccc(OC)cc1C. The molecule has 1 aromatic carbocycles. The molecule has 0 amide bonds. The van der Waals surface area contributed by atoms with Gasteiger partial charge in [0.15, 0.2) is 0 Å². The van der Waals surface area contributed by atoms with Gasteiger partial charge in [-0.05, 0) is 56.5 Å². The number of thioether (sulfide) groups is 1. The second-order valence-electron chi connectivity index (χ2n) is 3.44. The fourth-order valence-corrected chi connectivity index (χ4v) is 2.30. The second-order valence-corrected chi connectivity index (χ2v) is 4.57. The van der Waals surface area contributed by atoms with E-state index in [1.807, 2.05) is 24.9 Å². The summed E-state index contributed by atoms with van der Waals surface area (Å²) >= 11 is 1.91. The van der Waals surface area contributed by atoms with Gasteiger partial charge in [0.05, 0.1) is 7.11 Å². The fraction of sp³-hybridized carbons (Fsp3) is 0.500. The first-order valence-corrected chi connectivity index (χ1v) is 6.18. The van der Waals surface area contributed by atoms with Crippen LogP contribution in [-0.4, -0.2) is 26.5 Å². The minimum Gasteiger partial charge on any atom is -0.497 e. The van der Waals surface area contributed by atoms with Gasteiger partial charge in [0, 0.05) is 4.90 Å². The van der Waals surface area contributed by atoms with E-state index in [2.05, 4.69) is 24.4 Å². The van der Waals surface area contributed by atoms with E-state index in [0.29, 0.717) is 0 Å². The molecule has 1 aromatic rings. The number of methoxy groups -OCH3 is 1. The van der Waals surface area contributed by atoms with Crippen molar-refractivity contribution in [3.63, 3.8) is 0 Å². The molecule has 0 aliphatic heterocycles. The highest BCUT2D eigenvalue weighted by Gasteiger charge is 2.00. The average molecular weight is 225 g/mol. The third-order valence-electron chi connectivity index (χ3n) is 2.21. The second kappa shape index (κ2) is 6.75. The molecule has 1 N–H and O–H groups in total. The molecule has 1 rings (SSSR count). The number of rotatable bonds is 6. The first-order valence-electron chi connectivity index (χ1n) is 5.20. The number of benzene rings is 1. The molecule has 0 fully saturated rings. The molecule has 3 heteroatoms. The molecular weight excluding hydrogens is 206 g/mol.